The molecule has 8 nitrogen and oxygen atoms in total. The summed E-state index contributed by atoms with van der Waals surface area (Å²) in [6.45, 7) is 1.69. The molecule has 0 unspecified atom stereocenters. The zero-order valence-electron chi connectivity index (χ0n) is 16.0. The highest BCUT2D eigenvalue weighted by Crippen LogP contribution is 2.30. The van der Waals surface area contributed by atoms with Crippen molar-refractivity contribution in [2.45, 2.75) is 24.7 Å². The van der Waals surface area contributed by atoms with Crippen LogP contribution in [-0.2, 0) is 19.6 Å². The number of nitrogens with zero attached hydrogens (tertiary/aromatic N) is 1. The van der Waals surface area contributed by atoms with E-state index in [1.807, 2.05) is 0 Å². The van der Waals surface area contributed by atoms with E-state index in [4.69, 9.17) is 0 Å². The molecule has 0 radical (unpaired) electrons. The Morgan fingerprint density at radius 2 is 1.86 bits per heavy atom. The number of hydrogen-bond donors (Lipinski definition) is 1. The molecule has 2 aromatic rings. The Morgan fingerprint density at radius 3 is 2.55 bits per heavy atom. The number of esters is 1. The van der Waals surface area contributed by atoms with Gasteiger partial charge in [-0.1, -0.05) is 18.2 Å². The molecule has 0 atom stereocenters. The van der Waals surface area contributed by atoms with E-state index in [0.717, 1.165) is 9.87 Å². The van der Waals surface area contributed by atoms with E-state index in [9.17, 15) is 22.8 Å². The minimum atomic E-state index is -3.88. The van der Waals surface area contributed by atoms with Gasteiger partial charge >= 0.3 is 5.97 Å². The van der Waals surface area contributed by atoms with Crippen LogP contribution in [0.5, 0.6) is 0 Å². The van der Waals surface area contributed by atoms with Crippen molar-refractivity contribution in [2.75, 3.05) is 19.0 Å². The van der Waals surface area contributed by atoms with Gasteiger partial charge in [-0.2, -0.15) is 0 Å². The number of carbonyl (C=O) groups is 3. The highest BCUT2D eigenvalue weighted by Gasteiger charge is 2.40. The maximum absolute atomic E-state index is 12.5. The van der Waals surface area contributed by atoms with Gasteiger partial charge < -0.3 is 10.1 Å². The second-order valence-corrected chi connectivity index (χ2v) is 8.38. The molecule has 9 heteroatoms. The maximum Gasteiger partial charge on any atom is 0.337 e. The Bertz CT molecular complexity index is 1090. The number of nitrogens with one attached hydrogen (secondary N) is 1. The molecule has 1 aliphatic heterocycles. The molecule has 0 spiro atoms. The van der Waals surface area contributed by atoms with Gasteiger partial charge in [0.25, 0.3) is 15.9 Å². The molecule has 0 aliphatic carbocycles. The molecule has 0 saturated heterocycles. The number of sulfonamides is 1. The van der Waals surface area contributed by atoms with Crippen molar-refractivity contribution < 1.29 is 27.5 Å². The molecular formula is C20H20N2O6S. The normalized spacial score (nSPS) is 14.4. The average Bonchev–Trinajstić information content (AvgIpc) is 2.90. The van der Waals surface area contributed by atoms with Gasteiger partial charge in [-0.15, -0.1) is 0 Å². The summed E-state index contributed by atoms with van der Waals surface area (Å²) in [5.74, 6) is -1.45. The van der Waals surface area contributed by atoms with E-state index in [0.29, 0.717) is 11.3 Å². The molecule has 0 aromatic heterocycles. The summed E-state index contributed by atoms with van der Waals surface area (Å²) < 4.78 is 30.5. The Hall–Kier alpha value is -3.20. The van der Waals surface area contributed by atoms with Crippen molar-refractivity contribution in [1.29, 1.82) is 0 Å². The molecule has 2 aromatic carbocycles. The zero-order chi connectivity index (χ0) is 21.2. The van der Waals surface area contributed by atoms with E-state index in [-0.39, 0.29) is 35.8 Å². The van der Waals surface area contributed by atoms with E-state index in [1.54, 1.807) is 31.2 Å². The second kappa shape index (κ2) is 8.04. The number of methoxy groups -OCH3 is 1. The molecular weight excluding hydrogens is 396 g/mol. The topological polar surface area (TPSA) is 110 Å². The van der Waals surface area contributed by atoms with Crippen molar-refractivity contribution in [3.63, 3.8) is 0 Å². The number of ether oxygens (including phenoxy) is 1. The van der Waals surface area contributed by atoms with Crippen LogP contribution in [0.1, 0.15) is 39.1 Å². The van der Waals surface area contributed by atoms with Crippen LogP contribution in [0.3, 0.4) is 0 Å². The van der Waals surface area contributed by atoms with Crippen LogP contribution >= 0.6 is 0 Å². The highest BCUT2D eigenvalue weighted by atomic mass is 32.2. The van der Waals surface area contributed by atoms with Crippen molar-refractivity contribution in [2.24, 2.45) is 0 Å². The van der Waals surface area contributed by atoms with Crippen LogP contribution in [0.4, 0.5) is 5.69 Å². The van der Waals surface area contributed by atoms with Crippen LogP contribution in [-0.4, -0.2) is 44.2 Å². The first-order valence-electron chi connectivity index (χ1n) is 8.90. The van der Waals surface area contributed by atoms with Gasteiger partial charge in [0.05, 0.1) is 18.2 Å². The number of anilines is 1. The molecule has 1 heterocycles. The number of rotatable bonds is 6. The lowest BCUT2D eigenvalue weighted by molar-refractivity contribution is -0.116. The Labute approximate surface area is 168 Å². The SMILES string of the molecule is COC(=O)c1ccc(C)c(NC(=O)CCCN2C(=O)c3ccccc3S2(=O)=O)c1. The van der Waals surface area contributed by atoms with E-state index < -0.39 is 21.9 Å². The van der Waals surface area contributed by atoms with Gasteiger partial charge in [0, 0.05) is 18.7 Å². The maximum atomic E-state index is 12.5. The van der Waals surface area contributed by atoms with E-state index in [2.05, 4.69) is 10.1 Å². The summed E-state index contributed by atoms with van der Waals surface area (Å²) in [5.41, 5.74) is 1.68. The van der Waals surface area contributed by atoms with Crippen LogP contribution in [0, 0.1) is 6.92 Å². The predicted octanol–water partition coefficient (Wildman–Crippen LogP) is 2.35. The van der Waals surface area contributed by atoms with Crippen molar-refractivity contribution in [1.82, 2.24) is 4.31 Å². The fourth-order valence-electron chi connectivity index (χ4n) is 3.05. The third-order valence-corrected chi connectivity index (χ3v) is 6.45. The van der Waals surface area contributed by atoms with Gasteiger partial charge in [0.15, 0.2) is 0 Å². The first kappa shape index (κ1) is 20.5. The molecule has 0 fully saturated rings. The summed E-state index contributed by atoms with van der Waals surface area (Å²) in [5, 5.41) is 2.70. The highest BCUT2D eigenvalue weighted by molar-refractivity contribution is 7.90. The van der Waals surface area contributed by atoms with E-state index >= 15 is 0 Å². The fourth-order valence-corrected chi connectivity index (χ4v) is 4.66. The molecule has 3 rings (SSSR count). The number of amides is 2. The minimum absolute atomic E-state index is 0.00954. The number of hydrogen-bond acceptors (Lipinski definition) is 6. The average molecular weight is 416 g/mol. The first-order valence-corrected chi connectivity index (χ1v) is 10.3. The lowest BCUT2D eigenvalue weighted by atomic mass is 10.1. The predicted molar refractivity (Wildman–Crippen MR) is 105 cm³/mol. The van der Waals surface area contributed by atoms with Crippen LogP contribution < -0.4 is 5.32 Å². The molecule has 1 N–H and O–H groups in total. The first-order chi connectivity index (χ1) is 13.8. The summed E-state index contributed by atoms with van der Waals surface area (Å²) in [7, 11) is -2.61. The van der Waals surface area contributed by atoms with Crippen molar-refractivity contribution >= 4 is 33.5 Å². The van der Waals surface area contributed by atoms with Gasteiger partial charge in [-0.3, -0.25) is 9.59 Å². The van der Waals surface area contributed by atoms with Crippen molar-refractivity contribution in [3.8, 4) is 0 Å². The third kappa shape index (κ3) is 4.00. The summed E-state index contributed by atoms with van der Waals surface area (Å²) >= 11 is 0. The summed E-state index contributed by atoms with van der Waals surface area (Å²) in [4.78, 5) is 36.3. The van der Waals surface area contributed by atoms with Gasteiger partial charge in [0.1, 0.15) is 4.90 Å². The zero-order valence-corrected chi connectivity index (χ0v) is 16.8. The van der Waals surface area contributed by atoms with Crippen LogP contribution in [0.15, 0.2) is 47.4 Å². The summed E-state index contributed by atoms with van der Waals surface area (Å²) in [6.07, 6.45) is 0.179. The fraction of sp³-hybridized carbons (Fsp3) is 0.250. The molecule has 0 bridgehead atoms. The van der Waals surface area contributed by atoms with Gasteiger partial charge in [-0.05, 0) is 43.2 Å². The minimum Gasteiger partial charge on any atom is -0.465 e. The monoisotopic (exact) mass is 416 g/mol. The standard InChI is InChI=1S/C20H20N2O6S/c1-13-9-10-14(20(25)28-2)12-16(13)21-18(23)8-5-11-22-19(24)15-6-3-4-7-17(15)29(22,26)27/h3-4,6-7,9-10,12H,5,8,11H2,1-2H3,(H,21,23). The molecule has 1 aliphatic rings. The number of aryl methyl sites for hydroxylation is 1. The molecule has 2 amide bonds. The number of benzene rings is 2. The van der Waals surface area contributed by atoms with Gasteiger partial charge in [0.2, 0.25) is 5.91 Å². The number of fused-ring (bicyclic) bond motifs is 1. The molecule has 29 heavy (non-hydrogen) atoms. The Balaban J connectivity index is 1.62. The third-order valence-electron chi connectivity index (χ3n) is 4.61. The van der Waals surface area contributed by atoms with Gasteiger partial charge in [-0.25, -0.2) is 17.5 Å². The lowest BCUT2D eigenvalue weighted by Crippen LogP contribution is -2.31. The quantitative estimate of drug-likeness (QED) is 0.724. The molecule has 0 saturated carbocycles. The van der Waals surface area contributed by atoms with E-state index in [1.165, 1.54) is 25.3 Å². The Kier molecular flexibility index (Phi) is 5.69. The summed E-state index contributed by atoms with van der Waals surface area (Å²) in [6, 6.07) is 10.8. The smallest absolute Gasteiger partial charge is 0.337 e. The lowest BCUT2D eigenvalue weighted by Gasteiger charge is -2.15. The number of carbonyl (C=O) groups excluding carboxylic acids is 3. The largest absolute Gasteiger partial charge is 0.465 e. The molecule has 152 valence electrons. The van der Waals surface area contributed by atoms with Crippen LogP contribution in [0.25, 0.3) is 0 Å². The van der Waals surface area contributed by atoms with Crippen LogP contribution in [0.2, 0.25) is 0 Å². The van der Waals surface area contributed by atoms with Crippen molar-refractivity contribution in [3.05, 3.63) is 59.2 Å². The second-order valence-electron chi connectivity index (χ2n) is 6.55. The Morgan fingerprint density at radius 1 is 1.14 bits per heavy atom.